The SMILES string of the molecule is CC1Cc2ccccc2N1c1nc2nccc(-c3ccc4ccccc4c3)c2c(=O)[nH]1. The fourth-order valence-corrected chi connectivity index (χ4v) is 4.65. The van der Waals surface area contributed by atoms with Crippen LogP contribution in [0.5, 0.6) is 0 Å². The maximum Gasteiger partial charge on any atom is 0.262 e. The van der Waals surface area contributed by atoms with Crippen molar-refractivity contribution in [2.45, 2.75) is 19.4 Å². The molecule has 1 aliphatic heterocycles. The van der Waals surface area contributed by atoms with Crippen molar-refractivity contribution in [1.29, 1.82) is 0 Å². The Morgan fingerprint density at radius 2 is 1.77 bits per heavy atom. The van der Waals surface area contributed by atoms with Crippen LogP contribution < -0.4 is 10.5 Å². The highest BCUT2D eigenvalue weighted by molar-refractivity contribution is 5.96. The highest BCUT2D eigenvalue weighted by atomic mass is 16.1. The van der Waals surface area contributed by atoms with Gasteiger partial charge in [-0.2, -0.15) is 4.98 Å². The monoisotopic (exact) mass is 404 g/mol. The first kappa shape index (κ1) is 17.8. The molecule has 1 aliphatic rings. The number of rotatable bonds is 2. The van der Waals surface area contributed by atoms with Gasteiger partial charge in [0.05, 0.1) is 5.39 Å². The van der Waals surface area contributed by atoms with Crippen molar-refractivity contribution in [3.63, 3.8) is 0 Å². The lowest BCUT2D eigenvalue weighted by Crippen LogP contribution is -2.28. The summed E-state index contributed by atoms with van der Waals surface area (Å²) in [7, 11) is 0. The maximum absolute atomic E-state index is 13.3. The van der Waals surface area contributed by atoms with Crippen LogP contribution in [0.15, 0.2) is 83.8 Å². The summed E-state index contributed by atoms with van der Waals surface area (Å²) in [5, 5.41) is 2.82. The molecule has 0 fully saturated rings. The van der Waals surface area contributed by atoms with Crippen molar-refractivity contribution in [3.8, 4) is 11.1 Å². The van der Waals surface area contributed by atoms with Gasteiger partial charge in [0.2, 0.25) is 5.95 Å². The minimum Gasteiger partial charge on any atom is -0.309 e. The van der Waals surface area contributed by atoms with Crippen molar-refractivity contribution in [2.75, 3.05) is 4.90 Å². The molecule has 0 bridgehead atoms. The lowest BCUT2D eigenvalue weighted by atomic mass is 10.00. The van der Waals surface area contributed by atoms with E-state index in [0.717, 1.165) is 28.6 Å². The van der Waals surface area contributed by atoms with Crippen LogP contribution >= 0.6 is 0 Å². The Labute approximate surface area is 179 Å². The topological polar surface area (TPSA) is 61.9 Å². The molecule has 1 atom stereocenters. The van der Waals surface area contributed by atoms with E-state index in [0.29, 0.717) is 17.0 Å². The molecule has 31 heavy (non-hydrogen) atoms. The predicted octanol–water partition coefficient (Wildman–Crippen LogP) is 5.22. The Morgan fingerprint density at radius 3 is 2.68 bits per heavy atom. The number of anilines is 2. The molecule has 0 aliphatic carbocycles. The average molecular weight is 404 g/mol. The standard InChI is InChI=1S/C26H20N4O/c1-16-14-20-8-4-5-9-22(20)30(16)26-28-24-23(25(31)29-26)21(12-13-27-24)19-11-10-17-6-2-3-7-18(17)15-19/h2-13,15-16H,14H2,1H3,(H,27,28,29,31). The van der Waals surface area contributed by atoms with Crippen LogP contribution in [-0.4, -0.2) is 21.0 Å². The number of benzene rings is 3. The van der Waals surface area contributed by atoms with E-state index in [2.05, 4.69) is 58.2 Å². The van der Waals surface area contributed by atoms with Crippen LogP contribution in [0, 0.1) is 0 Å². The average Bonchev–Trinajstić information content (AvgIpc) is 3.14. The number of hydrogen-bond donors (Lipinski definition) is 1. The van der Waals surface area contributed by atoms with Gasteiger partial charge in [0.15, 0.2) is 5.65 Å². The minimum absolute atomic E-state index is 0.173. The van der Waals surface area contributed by atoms with Gasteiger partial charge in [-0.3, -0.25) is 9.78 Å². The molecule has 6 rings (SSSR count). The Kier molecular flexibility index (Phi) is 3.90. The summed E-state index contributed by atoms with van der Waals surface area (Å²) >= 11 is 0. The number of pyridine rings is 1. The molecular formula is C26H20N4O. The minimum atomic E-state index is -0.173. The molecule has 0 amide bonds. The summed E-state index contributed by atoms with van der Waals surface area (Å²) in [6, 6.07) is 24.8. The smallest absolute Gasteiger partial charge is 0.262 e. The first-order valence-electron chi connectivity index (χ1n) is 10.4. The number of hydrogen-bond acceptors (Lipinski definition) is 4. The molecule has 1 N–H and O–H groups in total. The second kappa shape index (κ2) is 6.77. The van der Waals surface area contributed by atoms with Gasteiger partial charge < -0.3 is 4.90 Å². The second-order valence-electron chi connectivity index (χ2n) is 8.06. The van der Waals surface area contributed by atoms with Gasteiger partial charge in [0, 0.05) is 17.9 Å². The van der Waals surface area contributed by atoms with Crippen molar-refractivity contribution in [3.05, 3.63) is 94.9 Å². The van der Waals surface area contributed by atoms with Gasteiger partial charge in [0.1, 0.15) is 0 Å². The molecule has 3 aromatic carbocycles. The largest absolute Gasteiger partial charge is 0.309 e. The van der Waals surface area contributed by atoms with Gasteiger partial charge >= 0.3 is 0 Å². The number of para-hydroxylation sites is 1. The van der Waals surface area contributed by atoms with E-state index in [1.54, 1.807) is 6.20 Å². The number of H-pyrrole nitrogens is 1. The lowest BCUT2D eigenvalue weighted by molar-refractivity contribution is 0.740. The number of nitrogens with zero attached hydrogens (tertiary/aromatic N) is 3. The number of aromatic nitrogens is 3. The van der Waals surface area contributed by atoms with Crippen molar-refractivity contribution in [2.24, 2.45) is 0 Å². The summed E-state index contributed by atoms with van der Waals surface area (Å²) in [5.41, 5.74) is 4.45. The molecule has 0 radical (unpaired) electrons. The third-order valence-corrected chi connectivity index (χ3v) is 6.09. The molecule has 2 aromatic heterocycles. The number of aromatic amines is 1. The van der Waals surface area contributed by atoms with Crippen LogP contribution in [0.3, 0.4) is 0 Å². The zero-order chi connectivity index (χ0) is 20.9. The molecule has 5 nitrogen and oxygen atoms in total. The van der Waals surface area contributed by atoms with Crippen LogP contribution in [0.25, 0.3) is 32.9 Å². The third-order valence-electron chi connectivity index (χ3n) is 6.09. The van der Waals surface area contributed by atoms with Crippen molar-refractivity contribution >= 4 is 33.4 Å². The van der Waals surface area contributed by atoms with Crippen LogP contribution in [0.1, 0.15) is 12.5 Å². The first-order valence-corrected chi connectivity index (χ1v) is 10.4. The summed E-state index contributed by atoms with van der Waals surface area (Å²) in [6.07, 6.45) is 2.65. The third kappa shape index (κ3) is 2.81. The molecule has 5 heteroatoms. The Hall–Kier alpha value is -3.99. The van der Waals surface area contributed by atoms with Gasteiger partial charge in [-0.25, -0.2) is 4.98 Å². The van der Waals surface area contributed by atoms with E-state index < -0.39 is 0 Å². The predicted molar refractivity (Wildman–Crippen MR) is 125 cm³/mol. The van der Waals surface area contributed by atoms with Crippen molar-refractivity contribution in [1.82, 2.24) is 15.0 Å². The van der Waals surface area contributed by atoms with E-state index in [4.69, 9.17) is 4.98 Å². The molecule has 0 saturated heterocycles. The Balaban J connectivity index is 1.53. The summed E-state index contributed by atoms with van der Waals surface area (Å²) in [6.45, 7) is 2.14. The Bertz CT molecular complexity index is 1520. The second-order valence-corrected chi connectivity index (χ2v) is 8.06. The van der Waals surface area contributed by atoms with Gasteiger partial charge in [0.25, 0.3) is 5.56 Å². The maximum atomic E-state index is 13.3. The molecule has 3 heterocycles. The van der Waals surface area contributed by atoms with E-state index in [9.17, 15) is 4.79 Å². The lowest BCUT2D eigenvalue weighted by Gasteiger charge is -2.23. The fraction of sp³-hybridized carbons (Fsp3) is 0.115. The molecule has 0 saturated carbocycles. The molecule has 0 spiro atoms. The van der Waals surface area contributed by atoms with Gasteiger partial charge in [-0.05, 0) is 59.0 Å². The Morgan fingerprint density at radius 1 is 0.968 bits per heavy atom. The van der Waals surface area contributed by atoms with E-state index in [1.807, 2.05) is 36.4 Å². The van der Waals surface area contributed by atoms with Gasteiger partial charge in [-0.15, -0.1) is 0 Å². The highest BCUT2D eigenvalue weighted by Crippen LogP contribution is 2.36. The van der Waals surface area contributed by atoms with E-state index in [-0.39, 0.29) is 11.6 Å². The summed E-state index contributed by atoms with van der Waals surface area (Å²) in [4.78, 5) is 27.6. The quantitative estimate of drug-likeness (QED) is 0.438. The molecule has 1 unspecified atom stereocenters. The molecular weight excluding hydrogens is 384 g/mol. The fourth-order valence-electron chi connectivity index (χ4n) is 4.65. The molecule has 150 valence electrons. The van der Waals surface area contributed by atoms with E-state index in [1.165, 1.54) is 10.9 Å². The zero-order valence-corrected chi connectivity index (χ0v) is 17.0. The van der Waals surface area contributed by atoms with Crippen molar-refractivity contribution < 1.29 is 0 Å². The number of fused-ring (bicyclic) bond motifs is 3. The first-order chi connectivity index (χ1) is 15.2. The van der Waals surface area contributed by atoms with E-state index >= 15 is 0 Å². The van der Waals surface area contributed by atoms with Gasteiger partial charge in [-0.1, -0.05) is 54.6 Å². The zero-order valence-electron chi connectivity index (χ0n) is 17.0. The highest BCUT2D eigenvalue weighted by Gasteiger charge is 2.29. The summed E-state index contributed by atoms with van der Waals surface area (Å²) in [5.74, 6) is 0.540. The van der Waals surface area contributed by atoms with Crippen LogP contribution in [-0.2, 0) is 6.42 Å². The van der Waals surface area contributed by atoms with Crippen LogP contribution in [0.4, 0.5) is 11.6 Å². The normalized spacial score (nSPS) is 15.5. The summed E-state index contributed by atoms with van der Waals surface area (Å²) < 4.78 is 0. The molecule has 5 aromatic rings. The van der Waals surface area contributed by atoms with Crippen LogP contribution in [0.2, 0.25) is 0 Å². The number of nitrogens with one attached hydrogen (secondary N) is 1.